The van der Waals surface area contributed by atoms with Crippen LogP contribution < -0.4 is 11.1 Å². The van der Waals surface area contributed by atoms with Crippen molar-refractivity contribution in [3.63, 3.8) is 0 Å². The fourth-order valence-electron chi connectivity index (χ4n) is 1.77. The Morgan fingerprint density at radius 2 is 2.32 bits per heavy atom. The summed E-state index contributed by atoms with van der Waals surface area (Å²) in [4.78, 5) is 5.60. The van der Waals surface area contributed by atoms with E-state index in [1.54, 1.807) is 11.3 Å². The summed E-state index contributed by atoms with van der Waals surface area (Å²) in [6, 6.07) is 0.269. The Labute approximate surface area is 118 Å². The molecule has 1 heterocycles. The second kappa shape index (κ2) is 6.86. The predicted molar refractivity (Wildman–Crippen MR) is 79.7 cm³/mol. The molecule has 1 aromatic heterocycles. The molecule has 4 N–H and O–H groups in total. The van der Waals surface area contributed by atoms with Gasteiger partial charge in [0.2, 0.25) is 0 Å². The molecule has 5 nitrogen and oxygen atoms in total. The average molecular weight is 284 g/mol. The number of aromatic nitrogens is 1. The molecule has 0 aliphatic carbocycles. The SMILES string of the molecule is Cc1cnc(C(C)NCCCC(C)(C)/C(N)=N/O)s1. The van der Waals surface area contributed by atoms with Gasteiger partial charge in [-0.1, -0.05) is 19.0 Å². The second-order valence-electron chi connectivity index (χ2n) is 5.46. The van der Waals surface area contributed by atoms with E-state index in [0.717, 1.165) is 24.4 Å². The van der Waals surface area contributed by atoms with Crippen LogP contribution in [-0.2, 0) is 0 Å². The van der Waals surface area contributed by atoms with Crippen molar-refractivity contribution in [1.29, 1.82) is 0 Å². The molecule has 0 aromatic carbocycles. The lowest BCUT2D eigenvalue weighted by molar-refractivity contribution is 0.304. The van der Waals surface area contributed by atoms with E-state index < -0.39 is 0 Å². The van der Waals surface area contributed by atoms with Crippen molar-refractivity contribution in [2.24, 2.45) is 16.3 Å². The molecule has 6 heteroatoms. The van der Waals surface area contributed by atoms with Crippen LogP contribution in [0.15, 0.2) is 11.4 Å². The van der Waals surface area contributed by atoms with Crippen molar-refractivity contribution in [2.75, 3.05) is 6.54 Å². The van der Waals surface area contributed by atoms with Crippen molar-refractivity contribution in [1.82, 2.24) is 10.3 Å². The van der Waals surface area contributed by atoms with Crippen LogP contribution in [0.2, 0.25) is 0 Å². The van der Waals surface area contributed by atoms with Crippen LogP contribution in [0.3, 0.4) is 0 Å². The Balaban J connectivity index is 2.31. The number of aryl methyl sites for hydroxylation is 1. The van der Waals surface area contributed by atoms with Gasteiger partial charge in [-0.25, -0.2) is 4.98 Å². The summed E-state index contributed by atoms with van der Waals surface area (Å²) in [6.07, 6.45) is 3.75. The molecule has 0 fully saturated rings. The topological polar surface area (TPSA) is 83.5 Å². The fraction of sp³-hybridized carbons (Fsp3) is 0.692. The van der Waals surface area contributed by atoms with Crippen LogP contribution in [0.4, 0.5) is 0 Å². The Bertz CT molecular complexity index is 428. The van der Waals surface area contributed by atoms with Gasteiger partial charge in [-0.05, 0) is 33.2 Å². The maximum absolute atomic E-state index is 8.71. The summed E-state index contributed by atoms with van der Waals surface area (Å²) in [5.41, 5.74) is 5.39. The standard InChI is InChI=1S/C13H24N4OS/c1-9-8-16-11(19-9)10(2)15-7-5-6-13(3,4)12(14)17-18/h8,10,15,18H,5-7H2,1-4H3,(H2,14,17). The lowest BCUT2D eigenvalue weighted by Gasteiger charge is -2.23. The molecule has 0 aliphatic heterocycles. The molecule has 1 rings (SSSR count). The first kappa shape index (κ1) is 15.9. The van der Waals surface area contributed by atoms with Crippen molar-refractivity contribution in [3.05, 3.63) is 16.1 Å². The lowest BCUT2D eigenvalue weighted by Crippen LogP contribution is -2.32. The molecule has 1 aromatic rings. The van der Waals surface area contributed by atoms with E-state index in [-0.39, 0.29) is 17.3 Å². The number of hydrogen-bond acceptors (Lipinski definition) is 5. The maximum Gasteiger partial charge on any atom is 0.144 e. The summed E-state index contributed by atoms with van der Waals surface area (Å²) in [5, 5.41) is 16.4. The zero-order valence-corrected chi connectivity index (χ0v) is 12.9. The molecular weight excluding hydrogens is 260 g/mol. The first-order chi connectivity index (χ1) is 8.86. The van der Waals surface area contributed by atoms with E-state index in [4.69, 9.17) is 10.9 Å². The molecule has 1 unspecified atom stereocenters. The smallest absolute Gasteiger partial charge is 0.144 e. The van der Waals surface area contributed by atoms with Gasteiger partial charge in [-0.3, -0.25) is 0 Å². The van der Waals surface area contributed by atoms with Crippen molar-refractivity contribution >= 4 is 17.2 Å². The van der Waals surface area contributed by atoms with Crippen LogP contribution in [0.1, 0.15) is 49.5 Å². The second-order valence-corrected chi connectivity index (χ2v) is 6.72. The van der Waals surface area contributed by atoms with Gasteiger partial charge in [0.15, 0.2) is 0 Å². The lowest BCUT2D eigenvalue weighted by atomic mass is 9.86. The van der Waals surface area contributed by atoms with Gasteiger partial charge in [0.1, 0.15) is 10.8 Å². The van der Waals surface area contributed by atoms with E-state index in [9.17, 15) is 0 Å². The third-order valence-corrected chi connectivity index (χ3v) is 4.34. The minimum atomic E-state index is -0.266. The minimum Gasteiger partial charge on any atom is -0.409 e. The maximum atomic E-state index is 8.71. The van der Waals surface area contributed by atoms with Gasteiger partial charge < -0.3 is 16.3 Å². The fourth-order valence-corrected chi connectivity index (χ4v) is 2.57. The molecule has 0 bridgehead atoms. The number of nitrogens with zero attached hydrogens (tertiary/aromatic N) is 2. The molecule has 0 amide bonds. The van der Waals surface area contributed by atoms with E-state index in [1.807, 2.05) is 20.0 Å². The molecular formula is C13H24N4OS. The summed E-state index contributed by atoms with van der Waals surface area (Å²) < 4.78 is 0. The van der Waals surface area contributed by atoms with E-state index in [0.29, 0.717) is 0 Å². The molecule has 0 saturated heterocycles. The number of thiazole rings is 1. The molecule has 108 valence electrons. The van der Waals surface area contributed by atoms with Crippen molar-refractivity contribution in [3.8, 4) is 0 Å². The van der Waals surface area contributed by atoms with Crippen LogP contribution in [-0.4, -0.2) is 22.6 Å². The van der Waals surface area contributed by atoms with Gasteiger partial charge >= 0.3 is 0 Å². The summed E-state index contributed by atoms with van der Waals surface area (Å²) in [6.45, 7) is 9.04. The normalized spacial score (nSPS) is 14.6. The van der Waals surface area contributed by atoms with Gasteiger partial charge in [-0.2, -0.15) is 0 Å². The highest BCUT2D eigenvalue weighted by Gasteiger charge is 2.22. The zero-order valence-electron chi connectivity index (χ0n) is 12.1. The van der Waals surface area contributed by atoms with Gasteiger partial charge in [0.05, 0.1) is 6.04 Å². The van der Waals surface area contributed by atoms with Crippen LogP contribution in [0.25, 0.3) is 0 Å². The molecule has 0 spiro atoms. The Kier molecular flexibility index (Phi) is 5.75. The van der Waals surface area contributed by atoms with Crippen molar-refractivity contribution in [2.45, 2.75) is 46.6 Å². The number of nitrogens with two attached hydrogens (primary N) is 1. The van der Waals surface area contributed by atoms with E-state index >= 15 is 0 Å². The summed E-state index contributed by atoms with van der Waals surface area (Å²) in [5.74, 6) is 0.288. The van der Waals surface area contributed by atoms with Crippen LogP contribution >= 0.6 is 11.3 Å². The third-order valence-electron chi connectivity index (χ3n) is 3.24. The highest BCUT2D eigenvalue weighted by Crippen LogP contribution is 2.23. The highest BCUT2D eigenvalue weighted by molar-refractivity contribution is 7.11. The van der Waals surface area contributed by atoms with Gasteiger partial charge in [-0.15, -0.1) is 11.3 Å². The first-order valence-electron chi connectivity index (χ1n) is 6.50. The number of hydrogen-bond donors (Lipinski definition) is 3. The van der Waals surface area contributed by atoms with Crippen LogP contribution in [0.5, 0.6) is 0 Å². The first-order valence-corrected chi connectivity index (χ1v) is 7.32. The minimum absolute atomic E-state index is 0.266. The summed E-state index contributed by atoms with van der Waals surface area (Å²) in [7, 11) is 0. The van der Waals surface area contributed by atoms with Gasteiger partial charge in [0, 0.05) is 16.5 Å². The van der Waals surface area contributed by atoms with Crippen LogP contribution in [0, 0.1) is 12.3 Å². The number of oxime groups is 1. The Morgan fingerprint density at radius 1 is 1.63 bits per heavy atom. The van der Waals surface area contributed by atoms with Gasteiger partial charge in [0.25, 0.3) is 0 Å². The molecule has 0 radical (unpaired) electrons. The summed E-state index contributed by atoms with van der Waals surface area (Å²) >= 11 is 1.72. The molecule has 0 aliphatic rings. The number of amidine groups is 1. The number of nitrogens with one attached hydrogen (secondary N) is 1. The predicted octanol–water partition coefficient (Wildman–Crippen LogP) is 2.65. The quantitative estimate of drug-likeness (QED) is 0.236. The third kappa shape index (κ3) is 4.80. The van der Waals surface area contributed by atoms with E-state index in [2.05, 4.69) is 29.3 Å². The molecule has 0 saturated carbocycles. The largest absolute Gasteiger partial charge is 0.409 e. The molecule has 19 heavy (non-hydrogen) atoms. The van der Waals surface area contributed by atoms with Crippen molar-refractivity contribution < 1.29 is 5.21 Å². The Hall–Kier alpha value is -1.14. The average Bonchev–Trinajstić information content (AvgIpc) is 2.80. The monoisotopic (exact) mass is 284 g/mol. The number of rotatable bonds is 7. The Morgan fingerprint density at radius 3 is 2.84 bits per heavy atom. The highest BCUT2D eigenvalue weighted by atomic mass is 32.1. The zero-order chi connectivity index (χ0) is 14.5. The molecule has 1 atom stereocenters. The van der Waals surface area contributed by atoms with E-state index in [1.165, 1.54) is 4.88 Å².